The third kappa shape index (κ3) is 5.05. The molecule has 0 saturated heterocycles. The Kier molecular flexibility index (Phi) is 7.27. The van der Waals surface area contributed by atoms with Crippen LogP contribution in [0.15, 0.2) is 57.8 Å². The highest BCUT2D eigenvalue weighted by Gasteiger charge is 2.22. The molecule has 6 nitrogen and oxygen atoms in total. The van der Waals surface area contributed by atoms with Gasteiger partial charge in [-0.2, -0.15) is 0 Å². The molecule has 0 radical (unpaired) electrons. The van der Waals surface area contributed by atoms with E-state index < -0.39 is 0 Å². The number of benzene rings is 2. The van der Waals surface area contributed by atoms with E-state index in [9.17, 15) is 14.7 Å². The fourth-order valence-corrected chi connectivity index (χ4v) is 4.67. The second kappa shape index (κ2) is 10.3. The number of aromatic nitrogens is 1. The number of fused-ring (bicyclic) bond motifs is 2. The first-order valence-electron chi connectivity index (χ1n) is 11.1. The van der Waals surface area contributed by atoms with Gasteiger partial charge in [-0.05, 0) is 60.6 Å². The van der Waals surface area contributed by atoms with E-state index >= 15 is 0 Å². The fraction of sp³-hybridized carbons (Fsp3) is 0.360. The highest BCUT2D eigenvalue weighted by molar-refractivity contribution is 9.10. The molecule has 0 saturated carbocycles. The van der Waals surface area contributed by atoms with Gasteiger partial charge in [-0.1, -0.05) is 40.2 Å². The lowest BCUT2D eigenvalue weighted by molar-refractivity contribution is 0.198. The number of nitrogens with zero attached hydrogens (tertiary/aromatic N) is 2. The van der Waals surface area contributed by atoms with E-state index in [4.69, 9.17) is 0 Å². The molecule has 168 valence electrons. The van der Waals surface area contributed by atoms with Crippen LogP contribution in [-0.2, 0) is 26.1 Å². The summed E-state index contributed by atoms with van der Waals surface area (Å²) in [5.41, 5.74) is 4.28. The SMILES string of the molecule is O=C(NCCCCn1c(=O)cc(CCCO)c2cc(Br)ccc21)N1Cc2ccccc2C1. The van der Waals surface area contributed by atoms with Gasteiger partial charge in [-0.3, -0.25) is 4.79 Å². The molecule has 1 aliphatic rings. The average molecular weight is 498 g/mol. The number of aryl methyl sites for hydroxylation is 2. The molecule has 0 atom stereocenters. The maximum absolute atomic E-state index is 12.8. The molecule has 2 aromatic carbocycles. The molecule has 4 rings (SSSR count). The van der Waals surface area contributed by atoms with Gasteiger partial charge < -0.3 is 19.9 Å². The lowest BCUT2D eigenvalue weighted by Crippen LogP contribution is -2.37. The maximum Gasteiger partial charge on any atom is 0.318 e. The van der Waals surface area contributed by atoms with Crippen LogP contribution in [0.25, 0.3) is 10.9 Å². The first-order chi connectivity index (χ1) is 15.6. The molecule has 0 unspecified atom stereocenters. The number of hydrogen-bond donors (Lipinski definition) is 2. The Morgan fingerprint density at radius 1 is 1.03 bits per heavy atom. The van der Waals surface area contributed by atoms with Gasteiger partial charge in [0.1, 0.15) is 0 Å². The Balaban J connectivity index is 1.33. The maximum atomic E-state index is 12.8. The Morgan fingerprint density at radius 3 is 2.50 bits per heavy atom. The van der Waals surface area contributed by atoms with Crippen molar-refractivity contribution in [3.63, 3.8) is 0 Å². The monoisotopic (exact) mass is 497 g/mol. The lowest BCUT2D eigenvalue weighted by atomic mass is 10.0. The van der Waals surface area contributed by atoms with Crippen molar-refractivity contribution in [2.24, 2.45) is 0 Å². The average Bonchev–Trinajstić information content (AvgIpc) is 3.23. The summed E-state index contributed by atoms with van der Waals surface area (Å²) in [5.74, 6) is 0. The molecular weight excluding hydrogens is 470 g/mol. The third-order valence-corrected chi connectivity index (χ3v) is 6.47. The van der Waals surface area contributed by atoms with Crippen molar-refractivity contribution in [2.75, 3.05) is 13.2 Å². The van der Waals surface area contributed by atoms with Crippen LogP contribution in [0.4, 0.5) is 4.79 Å². The molecule has 0 aliphatic carbocycles. The fourth-order valence-electron chi connectivity index (χ4n) is 4.31. The van der Waals surface area contributed by atoms with Crippen LogP contribution in [0.1, 0.15) is 36.0 Å². The molecule has 2 N–H and O–H groups in total. The zero-order chi connectivity index (χ0) is 22.5. The van der Waals surface area contributed by atoms with Crippen LogP contribution in [0.5, 0.6) is 0 Å². The Labute approximate surface area is 196 Å². The number of carbonyl (C=O) groups is 1. The summed E-state index contributed by atoms with van der Waals surface area (Å²) in [5, 5.41) is 13.2. The molecule has 2 amide bonds. The van der Waals surface area contributed by atoms with E-state index in [0.29, 0.717) is 39.0 Å². The number of aliphatic hydroxyl groups is 1. The standard InChI is InChI=1S/C25H28BrN3O3/c26-21-9-10-23-22(15-21)18(8-5-13-30)14-24(31)29(23)12-4-3-11-27-25(32)28-16-19-6-1-2-7-20(19)17-28/h1-2,6-7,9-10,14-15,30H,3-5,8,11-13,16-17H2,(H,27,32). The molecule has 3 aromatic rings. The van der Waals surface area contributed by atoms with Crippen molar-refractivity contribution in [3.05, 3.63) is 80.0 Å². The summed E-state index contributed by atoms with van der Waals surface area (Å²) >= 11 is 3.52. The Bertz CT molecular complexity index is 1150. The predicted molar refractivity (Wildman–Crippen MR) is 130 cm³/mol. The number of halogens is 1. The summed E-state index contributed by atoms with van der Waals surface area (Å²) in [6.07, 6.45) is 2.89. The van der Waals surface area contributed by atoms with Crippen LogP contribution in [-0.4, -0.2) is 33.8 Å². The van der Waals surface area contributed by atoms with Gasteiger partial charge in [-0.25, -0.2) is 4.79 Å². The van der Waals surface area contributed by atoms with E-state index in [1.807, 2.05) is 39.8 Å². The number of unbranched alkanes of at least 4 members (excludes halogenated alkanes) is 1. The smallest absolute Gasteiger partial charge is 0.318 e. The quantitative estimate of drug-likeness (QED) is 0.458. The largest absolute Gasteiger partial charge is 0.396 e. The first kappa shape index (κ1) is 22.6. The lowest BCUT2D eigenvalue weighted by Gasteiger charge is -2.17. The van der Waals surface area contributed by atoms with Crippen LogP contribution in [0.3, 0.4) is 0 Å². The van der Waals surface area contributed by atoms with Gasteiger partial charge in [0.15, 0.2) is 0 Å². The number of hydrogen-bond acceptors (Lipinski definition) is 3. The normalized spacial score (nSPS) is 12.9. The van der Waals surface area contributed by atoms with Gasteiger partial charge in [0.2, 0.25) is 0 Å². The predicted octanol–water partition coefficient (Wildman–Crippen LogP) is 4.19. The molecule has 0 spiro atoms. The minimum atomic E-state index is -0.0399. The summed E-state index contributed by atoms with van der Waals surface area (Å²) in [6, 6.07) is 15.7. The number of pyridine rings is 1. The van der Waals surface area contributed by atoms with Crippen molar-refractivity contribution in [2.45, 2.75) is 45.3 Å². The van der Waals surface area contributed by atoms with Crippen molar-refractivity contribution >= 4 is 32.9 Å². The van der Waals surface area contributed by atoms with Gasteiger partial charge in [0.05, 0.1) is 5.52 Å². The molecule has 32 heavy (non-hydrogen) atoms. The molecule has 1 aliphatic heterocycles. The summed E-state index contributed by atoms with van der Waals surface area (Å²) < 4.78 is 2.77. The van der Waals surface area contributed by atoms with Crippen LogP contribution in [0, 0.1) is 0 Å². The van der Waals surface area contributed by atoms with Crippen molar-refractivity contribution in [1.82, 2.24) is 14.8 Å². The van der Waals surface area contributed by atoms with Crippen molar-refractivity contribution < 1.29 is 9.90 Å². The van der Waals surface area contributed by atoms with Crippen LogP contribution < -0.4 is 10.9 Å². The highest BCUT2D eigenvalue weighted by atomic mass is 79.9. The van der Waals surface area contributed by atoms with Crippen LogP contribution >= 0.6 is 15.9 Å². The number of nitrogens with one attached hydrogen (secondary N) is 1. The van der Waals surface area contributed by atoms with Crippen molar-refractivity contribution in [3.8, 4) is 0 Å². The van der Waals surface area contributed by atoms with E-state index in [2.05, 4.69) is 33.4 Å². The third-order valence-electron chi connectivity index (χ3n) is 5.98. The molecular formula is C25H28BrN3O3. The van der Waals surface area contributed by atoms with E-state index in [1.165, 1.54) is 11.1 Å². The minimum Gasteiger partial charge on any atom is -0.396 e. The summed E-state index contributed by atoms with van der Waals surface area (Å²) in [7, 11) is 0. The molecule has 0 fully saturated rings. The topological polar surface area (TPSA) is 74.6 Å². The summed E-state index contributed by atoms with van der Waals surface area (Å²) in [6.45, 7) is 2.59. The molecule has 2 heterocycles. The first-order valence-corrected chi connectivity index (χ1v) is 11.9. The molecule has 0 bridgehead atoms. The highest BCUT2D eigenvalue weighted by Crippen LogP contribution is 2.24. The van der Waals surface area contributed by atoms with E-state index in [1.54, 1.807) is 6.07 Å². The van der Waals surface area contributed by atoms with E-state index in [-0.39, 0.29) is 18.2 Å². The number of carbonyl (C=O) groups excluding carboxylic acids is 1. The second-order valence-corrected chi connectivity index (χ2v) is 9.13. The number of aliphatic hydroxyl groups excluding tert-OH is 1. The number of rotatable bonds is 8. The van der Waals surface area contributed by atoms with Gasteiger partial charge in [0.25, 0.3) is 5.56 Å². The Hall–Kier alpha value is -2.64. The summed E-state index contributed by atoms with van der Waals surface area (Å²) in [4.78, 5) is 27.1. The molecule has 7 heteroatoms. The van der Waals surface area contributed by atoms with Gasteiger partial charge >= 0.3 is 6.03 Å². The Morgan fingerprint density at radius 2 is 1.78 bits per heavy atom. The van der Waals surface area contributed by atoms with Crippen molar-refractivity contribution in [1.29, 1.82) is 0 Å². The zero-order valence-electron chi connectivity index (χ0n) is 18.0. The molecule has 1 aromatic heterocycles. The zero-order valence-corrected chi connectivity index (χ0v) is 19.6. The number of amides is 2. The van der Waals surface area contributed by atoms with Gasteiger partial charge in [-0.15, -0.1) is 0 Å². The van der Waals surface area contributed by atoms with E-state index in [0.717, 1.165) is 33.8 Å². The minimum absolute atomic E-state index is 0.0216. The second-order valence-electron chi connectivity index (χ2n) is 8.21. The van der Waals surface area contributed by atoms with Crippen LogP contribution in [0.2, 0.25) is 0 Å². The number of urea groups is 1. The van der Waals surface area contributed by atoms with Gasteiger partial charge in [0, 0.05) is 48.7 Å².